The Kier molecular flexibility index (Phi) is 9.21. The Bertz CT molecular complexity index is 3080. The summed E-state index contributed by atoms with van der Waals surface area (Å²) in [6.45, 7) is 32.6. The summed E-state index contributed by atoms with van der Waals surface area (Å²) < 4.78 is 7.80. The van der Waals surface area contributed by atoms with Crippen LogP contribution in [0.3, 0.4) is 0 Å². The molecule has 4 heterocycles. The normalized spacial score (nSPS) is 14.1. The smallest absolute Gasteiger partial charge is 0.254 e. The molecular formula is C58H61BN2OS. The van der Waals surface area contributed by atoms with E-state index in [1.165, 1.54) is 93.3 Å². The van der Waals surface area contributed by atoms with Gasteiger partial charge in [0.25, 0.3) is 6.71 Å². The number of para-hydroxylation sites is 1. The van der Waals surface area contributed by atoms with Crippen LogP contribution in [-0.4, -0.2) is 6.71 Å². The van der Waals surface area contributed by atoms with E-state index in [4.69, 9.17) is 4.42 Å². The van der Waals surface area contributed by atoms with Gasteiger partial charge >= 0.3 is 0 Å². The van der Waals surface area contributed by atoms with Gasteiger partial charge < -0.3 is 14.2 Å². The maximum Gasteiger partial charge on any atom is 0.254 e. The first-order valence-electron chi connectivity index (χ1n) is 22.8. The van der Waals surface area contributed by atoms with Crippen molar-refractivity contribution in [2.24, 2.45) is 0 Å². The van der Waals surface area contributed by atoms with Crippen molar-refractivity contribution in [3.8, 4) is 11.3 Å². The van der Waals surface area contributed by atoms with Crippen LogP contribution in [0.2, 0.25) is 0 Å². The van der Waals surface area contributed by atoms with Crippen molar-refractivity contribution >= 4 is 88.9 Å². The lowest BCUT2D eigenvalue weighted by Crippen LogP contribution is -2.61. The number of hydrogen-bond acceptors (Lipinski definition) is 4. The zero-order valence-electron chi connectivity index (χ0n) is 39.8. The molecule has 2 aliphatic heterocycles. The van der Waals surface area contributed by atoms with Crippen molar-refractivity contribution < 1.29 is 4.42 Å². The van der Waals surface area contributed by atoms with Gasteiger partial charge in [0.15, 0.2) is 0 Å². The first kappa shape index (κ1) is 41.5. The predicted octanol–water partition coefficient (Wildman–Crippen LogP) is 15.2. The maximum atomic E-state index is 6.47. The standard InChI is InChI=1S/C58H61BN2OS/c1-34-27-37(49-29-36-17-15-16-18-48(36)62-49)28-35(2)53(34)61-47-33-41(58(12,13)14)32-46-52(47)59(51-43-30-39(56(6,7)8)22-26-50(43)63-54(51)61)44-31-40(57(9,10)11)21-25-45(44)60(46)42-23-19-38(20-24-42)55(3,4)5/h15-33H,1-14H3. The van der Waals surface area contributed by atoms with Gasteiger partial charge in [0, 0.05) is 38.4 Å². The number of aryl methyl sites for hydroxylation is 2. The molecular weight excluding hydrogens is 784 g/mol. The summed E-state index contributed by atoms with van der Waals surface area (Å²) >= 11 is 1.95. The number of benzene rings is 6. The van der Waals surface area contributed by atoms with E-state index in [9.17, 15) is 0 Å². The van der Waals surface area contributed by atoms with E-state index in [1.54, 1.807) is 0 Å². The van der Waals surface area contributed by atoms with Crippen molar-refractivity contribution in [2.45, 2.75) is 119 Å². The number of nitrogens with zero attached hydrogens (tertiary/aromatic N) is 2. The monoisotopic (exact) mass is 844 g/mol. The second-order valence-corrected chi connectivity index (χ2v) is 23.5. The van der Waals surface area contributed by atoms with Crippen LogP contribution in [0.25, 0.3) is 32.4 Å². The van der Waals surface area contributed by atoms with Crippen molar-refractivity contribution in [3.63, 3.8) is 0 Å². The van der Waals surface area contributed by atoms with E-state index >= 15 is 0 Å². The molecule has 0 aliphatic carbocycles. The third-order valence-corrected chi connectivity index (χ3v) is 14.9. The van der Waals surface area contributed by atoms with Crippen LogP contribution in [0.1, 0.15) is 116 Å². The molecule has 8 aromatic rings. The second kappa shape index (κ2) is 14.0. The number of fused-ring (bicyclic) bond motifs is 7. The van der Waals surface area contributed by atoms with E-state index in [-0.39, 0.29) is 28.4 Å². The number of hydrogen-bond donors (Lipinski definition) is 0. The lowest BCUT2D eigenvalue weighted by molar-refractivity contribution is 0.589. The Hall–Kier alpha value is -5.52. The minimum Gasteiger partial charge on any atom is -0.456 e. The largest absolute Gasteiger partial charge is 0.456 e. The average Bonchev–Trinajstić information content (AvgIpc) is 3.82. The van der Waals surface area contributed by atoms with Crippen LogP contribution < -0.4 is 26.2 Å². The van der Waals surface area contributed by atoms with E-state index in [2.05, 4.69) is 216 Å². The third kappa shape index (κ3) is 6.76. The Morgan fingerprint density at radius 2 is 1.08 bits per heavy atom. The number of furan rings is 1. The fourth-order valence-corrected chi connectivity index (χ4v) is 11.3. The molecule has 0 atom stereocenters. The zero-order valence-corrected chi connectivity index (χ0v) is 40.6. The Morgan fingerprint density at radius 3 is 1.70 bits per heavy atom. The predicted molar refractivity (Wildman–Crippen MR) is 275 cm³/mol. The molecule has 6 aromatic carbocycles. The lowest BCUT2D eigenvalue weighted by atomic mass is 9.33. The molecule has 0 N–H and O–H groups in total. The number of thiophene rings is 1. The Morgan fingerprint density at radius 1 is 0.508 bits per heavy atom. The zero-order chi connectivity index (χ0) is 44.7. The highest BCUT2D eigenvalue weighted by Crippen LogP contribution is 2.51. The average molecular weight is 845 g/mol. The van der Waals surface area contributed by atoms with Crippen molar-refractivity contribution in [3.05, 3.63) is 149 Å². The Balaban J connectivity index is 1.32. The third-order valence-electron chi connectivity index (χ3n) is 13.7. The first-order valence-corrected chi connectivity index (χ1v) is 23.6. The van der Waals surface area contributed by atoms with Crippen molar-refractivity contribution in [1.29, 1.82) is 0 Å². The van der Waals surface area contributed by atoms with Crippen LogP contribution in [0.15, 0.2) is 120 Å². The van der Waals surface area contributed by atoms with Crippen LogP contribution in [0.5, 0.6) is 0 Å². The lowest BCUT2D eigenvalue weighted by Gasteiger charge is -2.45. The van der Waals surface area contributed by atoms with E-state index in [0.29, 0.717) is 0 Å². The number of rotatable bonds is 3. The molecule has 0 unspecified atom stereocenters. The molecule has 0 radical (unpaired) electrons. The topological polar surface area (TPSA) is 19.6 Å². The molecule has 0 saturated heterocycles. The summed E-state index contributed by atoms with van der Waals surface area (Å²) in [7, 11) is 0. The molecule has 0 saturated carbocycles. The van der Waals surface area contributed by atoms with Crippen molar-refractivity contribution in [1.82, 2.24) is 0 Å². The molecule has 2 aliphatic rings. The van der Waals surface area contributed by atoms with Crippen molar-refractivity contribution in [2.75, 3.05) is 9.80 Å². The first-order chi connectivity index (χ1) is 29.6. The Labute approximate surface area is 379 Å². The molecule has 63 heavy (non-hydrogen) atoms. The maximum absolute atomic E-state index is 6.47. The summed E-state index contributed by atoms with van der Waals surface area (Å²) in [6.07, 6.45) is 0. The van der Waals surface area contributed by atoms with Crippen LogP contribution in [0.4, 0.5) is 33.4 Å². The summed E-state index contributed by atoms with van der Waals surface area (Å²) in [5.41, 5.74) is 20.1. The van der Waals surface area contributed by atoms with E-state index in [1.807, 2.05) is 17.4 Å². The molecule has 3 nitrogen and oxygen atoms in total. The molecule has 5 heteroatoms. The molecule has 0 fully saturated rings. The SMILES string of the molecule is Cc1cc(-c2cc3ccccc3o2)cc(C)c1N1c2cc(C(C)(C)C)cc3c2B(c2cc(C(C)(C)C)ccc2N3c2ccc(C(C)(C)C)cc2)c2c1sc1ccc(C(C)(C)C)cc21. The van der Waals surface area contributed by atoms with E-state index < -0.39 is 0 Å². The fraction of sp³-hybridized carbons (Fsp3) is 0.310. The van der Waals surface area contributed by atoms with Gasteiger partial charge in [-0.1, -0.05) is 138 Å². The van der Waals surface area contributed by atoms with Crippen LogP contribution in [-0.2, 0) is 21.7 Å². The molecule has 10 rings (SSSR count). The molecule has 2 aromatic heterocycles. The fourth-order valence-electron chi connectivity index (χ4n) is 10.1. The van der Waals surface area contributed by atoms with Gasteiger partial charge in [0.1, 0.15) is 11.3 Å². The summed E-state index contributed by atoms with van der Waals surface area (Å²) in [5.74, 6) is 0.899. The molecule has 318 valence electrons. The second-order valence-electron chi connectivity index (χ2n) is 22.5. The van der Waals surface area contributed by atoms with Crippen LogP contribution >= 0.6 is 11.3 Å². The van der Waals surface area contributed by atoms with Gasteiger partial charge in [-0.05, 0) is 151 Å². The van der Waals surface area contributed by atoms with Gasteiger partial charge in [0.2, 0.25) is 0 Å². The summed E-state index contributed by atoms with van der Waals surface area (Å²) in [6, 6.07) is 44.2. The van der Waals surface area contributed by atoms with Gasteiger partial charge in [-0.15, -0.1) is 11.3 Å². The van der Waals surface area contributed by atoms with Gasteiger partial charge in [-0.2, -0.15) is 0 Å². The summed E-state index contributed by atoms with van der Waals surface area (Å²) in [5, 5.41) is 3.79. The van der Waals surface area contributed by atoms with Gasteiger partial charge in [0.05, 0.1) is 10.7 Å². The minimum atomic E-state index is -0.109. The highest BCUT2D eigenvalue weighted by Gasteiger charge is 2.47. The van der Waals surface area contributed by atoms with Crippen LogP contribution in [0, 0.1) is 13.8 Å². The van der Waals surface area contributed by atoms with E-state index in [0.717, 1.165) is 22.3 Å². The highest BCUT2D eigenvalue weighted by atomic mass is 32.1. The quantitative estimate of drug-likeness (QED) is 0.165. The highest BCUT2D eigenvalue weighted by molar-refractivity contribution is 7.26. The minimum absolute atomic E-state index is 0.00158. The molecule has 0 spiro atoms. The van der Waals surface area contributed by atoms with Gasteiger partial charge in [-0.25, -0.2) is 0 Å². The number of anilines is 6. The summed E-state index contributed by atoms with van der Waals surface area (Å²) in [4.78, 5) is 5.25. The van der Waals surface area contributed by atoms with Gasteiger partial charge in [-0.3, -0.25) is 0 Å². The molecule has 0 amide bonds. The molecule has 0 bridgehead atoms.